The van der Waals surface area contributed by atoms with Crippen molar-refractivity contribution in [2.45, 2.75) is 39.5 Å². The number of hydrogen-bond donors (Lipinski definition) is 0. The normalized spacial score (nSPS) is 20.4. The van der Waals surface area contributed by atoms with E-state index in [0.29, 0.717) is 35.1 Å². The van der Waals surface area contributed by atoms with E-state index in [1.165, 1.54) is 5.56 Å². The van der Waals surface area contributed by atoms with Crippen LogP contribution >= 0.6 is 0 Å². The first-order valence-corrected chi connectivity index (χ1v) is 10.1. The number of ketones is 1. The molecule has 0 spiro atoms. The van der Waals surface area contributed by atoms with Crippen molar-refractivity contribution in [2.75, 3.05) is 6.61 Å². The van der Waals surface area contributed by atoms with Crippen LogP contribution in [0, 0.1) is 5.92 Å². The molecule has 2 aliphatic rings. The molecule has 1 heterocycles. The molecule has 148 valence electrons. The van der Waals surface area contributed by atoms with E-state index in [-0.39, 0.29) is 11.8 Å². The van der Waals surface area contributed by atoms with E-state index in [2.05, 4.69) is 26.0 Å². The molecule has 1 unspecified atom stereocenters. The molecule has 0 N–H and O–H groups in total. The topological polar surface area (TPSA) is 55.7 Å². The first kappa shape index (κ1) is 19.3. The lowest BCUT2D eigenvalue weighted by Crippen LogP contribution is -2.35. The molecule has 29 heavy (non-hydrogen) atoms. The number of carbonyl (C=O) groups excluding carboxylic acids is 2. The summed E-state index contributed by atoms with van der Waals surface area (Å²) in [6.07, 6.45) is 0. The molecule has 2 aromatic rings. The van der Waals surface area contributed by atoms with Gasteiger partial charge in [0.1, 0.15) is 5.92 Å². The van der Waals surface area contributed by atoms with Gasteiger partial charge in [-0.15, -0.1) is 0 Å². The van der Waals surface area contributed by atoms with Gasteiger partial charge in [0.25, 0.3) is 0 Å². The largest absolute Gasteiger partial charge is 0.465 e. The Kier molecular flexibility index (Phi) is 4.95. The third kappa shape index (κ3) is 3.13. The number of Topliss-reactive ketones (excluding diaryl/α,β-unsaturated/α-hetero) is 1. The molecule has 0 saturated carbocycles. The van der Waals surface area contributed by atoms with Crippen LogP contribution in [0.4, 0.5) is 0 Å². The fourth-order valence-electron chi connectivity index (χ4n) is 4.33. The van der Waals surface area contributed by atoms with E-state index in [1.807, 2.05) is 43.3 Å². The Morgan fingerprint density at radius 1 is 1.07 bits per heavy atom. The second kappa shape index (κ2) is 7.43. The minimum atomic E-state index is -0.600. The summed E-state index contributed by atoms with van der Waals surface area (Å²) in [5.41, 5.74) is 5.65. The molecule has 2 atom stereocenters. The zero-order valence-corrected chi connectivity index (χ0v) is 17.2. The minimum absolute atomic E-state index is 0.0425. The molecule has 0 fully saturated rings. The minimum Gasteiger partial charge on any atom is -0.465 e. The number of ether oxygens (including phenoxy) is 1. The maximum Gasteiger partial charge on any atom is 0.315 e. The molecular formula is C25H25NO3. The molecule has 4 nitrogen and oxygen atoms in total. The van der Waals surface area contributed by atoms with Crippen LogP contribution in [-0.4, -0.2) is 24.1 Å². The standard InChI is InChI=1S/C25H25NO3/c1-5-29-25(28)20-15(4)26-23-18-8-6-7-9-19(18)24(27)22(23)21(20)17-12-10-16(11-13-17)14(2)3/h6-14,20-21H,5H2,1-4H3/t20?,21-/m0/s1. The van der Waals surface area contributed by atoms with Crippen molar-refractivity contribution in [1.82, 2.24) is 0 Å². The van der Waals surface area contributed by atoms with Crippen molar-refractivity contribution < 1.29 is 14.3 Å². The fraction of sp³-hybridized carbons (Fsp3) is 0.320. The maximum absolute atomic E-state index is 13.3. The SMILES string of the molecule is CCOC(=O)C1C(C)=NC2=C(C(=O)c3ccccc32)[C@H]1c1ccc(C(C)C)cc1. The molecule has 0 bridgehead atoms. The molecule has 0 amide bonds. The van der Waals surface area contributed by atoms with Crippen molar-refractivity contribution in [3.63, 3.8) is 0 Å². The number of rotatable bonds is 4. The lowest BCUT2D eigenvalue weighted by Gasteiger charge is -2.30. The first-order valence-electron chi connectivity index (χ1n) is 10.1. The molecule has 1 aliphatic heterocycles. The third-order valence-electron chi connectivity index (χ3n) is 5.81. The van der Waals surface area contributed by atoms with Crippen LogP contribution in [0.5, 0.6) is 0 Å². The zero-order chi connectivity index (χ0) is 20.7. The summed E-state index contributed by atoms with van der Waals surface area (Å²) in [7, 11) is 0. The van der Waals surface area contributed by atoms with Crippen LogP contribution in [0.25, 0.3) is 5.70 Å². The lowest BCUT2D eigenvalue weighted by atomic mass is 9.75. The van der Waals surface area contributed by atoms with Gasteiger partial charge in [0.2, 0.25) is 0 Å². The summed E-state index contributed by atoms with van der Waals surface area (Å²) < 4.78 is 5.37. The first-order chi connectivity index (χ1) is 13.9. The zero-order valence-electron chi connectivity index (χ0n) is 17.2. The number of hydrogen-bond acceptors (Lipinski definition) is 4. The van der Waals surface area contributed by atoms with Crippen molar-refractivity contribution >= 4 is 23.2 Å². The predicted octanol–water partition coefficient (Wildman–Crippen LogP) is 5.16. The quantitative estimate of drug-likeness (QED) is 0.681. The Hall–Kier alpha value is -3.01. The van der Waals surface area contributed by atoms with Gasteiger partial charge >= 0.3 is 5.97 Å². The number of benzene rings is 2. The molecule has 2 aromatic carbocycles. The second-order valence-electron chi connectivity index (χ2n) is 7.92. The van der Waals surface area contributed by atoms with Crippen LogP contribution < -0.4 is 0 Å². The third-order valence-corrected chi connectivity index (χ3v) is 5.81. The molecule has 0 radical (unpaired) electrons. The summed E-state index contributed by atoms with van der Waals surface area (Å²) in [5.74, 6) is -0.965. The molecular weight excluding hydrogens is 362 g/mol. The van der Waals surface area contributed by atoms with Gasteiger partial charge in [0, 0.05) is 28.3 Å². The van der Waals surface area contributed by atoms with Crippen LogP contribution in [-0.2, 0) is 9.53 Å². The summed E-state index contributed by atoms with van der Waals surface area (Å²) in [6, 6.07) is 15.8. The van der Waals surface area contributed by atoms with Crippen molar-refractivity contribution in [3.8, 4) is 0 Å². The Morgan fingerprint density at radius 3 is 2.34 bits per heavy atom. The highest BCUT2D eigenvalue weighted by atomic mass is 16.5. The molecule has 4 rings (SSSR count). The average molecular weight is 387 g/mol. The summed E-state index contributed by atoms with van der Waals surface area (Å²) in [4.78, 5) is 31.0. The molecule has 4 heteroatoms. The van der Waals surface area contributed by atoms with Crippen molar-refractivity contribution in [2.24, 2.45) is 10.9 Å². The number of esters is 1. The molecule has 1 aliphatic carbocycles. The smallest absolute Gasteiger partial charge is 0.315 e. The summed E-state index contributed by atoms with van der Waals surface area (Å²) in [6.45, 7) is 8.23. The van der Waals surface area contributed by atoms with Gasteiger partial charge in [-0.25, -0.2) is 0 Å². The Bertz CT molecular complexity index is 1040. The van der Waals surface area contributed by atoms with Crippen LogP contribution in [0.15, 0.2) is 59.1 Å². The van der Waals surface area contributed by atoms with Gasteiger partial charge in [0.05, 0.1) is 12.3 Å². The van der Waals surface area contributed by atoms with Crippen LogP contribution in [0.2, 0.25) is 0 Å². The van der Waals surface area contributed by atoms with Gasteiger partial charge in [-0.3, -0.25) is 14.6 Å². The highest BCUT2D eigenvalue weighted by Gasteiger charge is 2.45. The van der Waals surface area contributed by atoms with E-state index in [9.17, 15) is 9.59 Å². The predicted molar refractivity (Wildman–Crippen MR) is 114 cm³/mol. The number of nitrogens with zero attached hydrogens (tertiary/aromatic N) is 1. The van der Waals surface area contributed by atoms with Gasteiger partial charge in [-0.05, 0) is 30.9 Å². The van der Waals surface area contributed by atoms with Gasteiger partial charge < -0.3 is 4.74 Å². The number of fused-ring (bicyclic) bond motifs is 2. The van der Waals surface area contributed by atoms with E-state index < -0.39 is 11.8 Å². The molecule has 0 aromatic heterocycles. The van der Waals surface area contributed by atoms with E-state index in [1.54, 1.807) is 6.92 Å². The highest BCUT2D eigenvalue weighted by molar-refractivity contribution is 6.24. The lowest BCUT2D eigenvalue weighted by molar-refractivity contribution is -0.145. The summed E-state index contributed by atoms with van der Waals surface area (Å²) in [5, 5.41) is 0. The van der Waals surface area contributed by atoms with Crippen LogP contribution in [0.3, 0.4) is 0 Å². The maximum atomic E-state index is 13.3. The van der Waals surface area contributed by atoms with Crippen molar-refractivity contribution in [3.05, 3.63) is 76.4 Å². The number of allylic oxidation sites excluding steroid dienone is 1. The fourth-order valence-corrected chi connectivity index (χ4v) is 4.33. The van der Waals surface area contributed by atoms with Crippen molar-refractivity contribution in [1.29, 1.82) is 0 Å². The number of carbonyl (C=O) groups is 2. The highest BCUT2D eigenvalue weighted by Crippen LogP contribution is 2.48. The van der Waals surface area contributed by atoms with Crippen LogP contribution in [0.1, 0.15) is 66.6 Å². The molecule has 0 saturated heterocycles. The van der Waals surface area contributed by atoms with Gasteiger partial charge in [0.15, 0.2) is 5.78 Å². The van der Waals surface area contributed by atoms with E-state index in [4.69, 9.17) is 9.73 Å². The number of aliphatic imine (C=N–C) groups is 1. The Balaban J connectivity index is 1.89. The average Bonchev–Trinajstić information content (AvgIpc) is 2.99. The van der Waals surface area contributed by atoms with Gasteiger partial charge in [-0.1, -0.05) is 62.4 Å². The van der Waals surface area contributed by atoms with Gasteiger partial charge in [-0.2, -0.15) is 0 Å². The summed E-state index contributed by atoms with van der Waals surface area (Å²) >= 11 is 0. The Morgan fingerprint density at radius 2 is 1.72 bits per heavy atom. The second-order valence-corrected chi connectivity index (χ2v) is 7.92. The monoisotopic (exact) mass is 387 g/mol. The van der Waals surface area contributed by atoms with E-state index in [0.717, 1.165) is 11.1 Å². The Labute approximate surface area is 171 Å². The van der Waals surface area contributed by atoms with E-state index >= 15 is 0 Å².